The van der Waals surface area contributed by atoms with E-state index in [1.165, 1.54) is 12.8 Å². The molecule has 7 nitrogen and oxygen atoms in total. The minimum atomic E-state index is 0.135. The molecular formula is C22H35N5O2. The third kappa shape index (κ3) is 6.34. The van der Waals surface area contributed by atoms with E-state index in [9.17, 15) is 4.79 Å². The Labute approximate surface area is 174 Å². The summed E-state index contributed by atoms with van der Waals surface area (Å²) in [5, 5.41) is 6.15. The Balaban J connectivity index is 1.60. The lowest BCUT2D eigenvalue weighted by molar-refractivity contribution is -0.121. The van der Waals surface area contributed by atoms with Gasteiger partial charge >= 0.3 is 0 Å². The van der Waals surface area contributed by atoms with Crippen LogP contribution in [0.5, 0.6) is 5.88 Å². The summed E-state index contributed by atoms with van der Waals surface area (Å²) < 4.78 is 6.15. The van der Waals surface area contributed by atoms with E-state index < -0.39 is 0 Å². The fourth-order valence-electron chi connectivity index (χ4n) is 4.11. The Kier molecular flexibility index (Phi) is 8.14. The highest BCUT2D eigenvalue weighted by Crippen LogP contribution is 2.25. The zero-order chi connectivity index (χ0) is 20.5. The number of rotatable bonds is 7. The molecule has 0 unspecified atom stereocenters. The van der Waals surface area contributed by atoms with E-state index in [1.54, 1.807) is 13.2 Å². The van der Waals surface area contributed by atoms with Crippen LogP contribution < -0.4 is 15.4 Å². The van der Waals surface area contributed by atoms with E-state index in [2.05, 4.69) is 33.5 Å². The van der Waals surface area contributed by atoms with Crippen LogP contribution in [-0.4, -0.2) is 54.5 Å². The second kappa shape index (κ2) is 11.0. The maximum absolute atomic E-state index is 11.6. The maximum Gasteiger partial charge on any atom is 0.220 e. The average Bonchev–Trinajstić information content (AvgIpc) is 3.26. The lowest BCUT2D eigenvalue weighted by atomic mass is 9.93. The first-order chi connectivity index (χ1) is 14.2. The number of pyridine rings is 1. The fourth-order valence-corrected chi connectivity index (χ4v) is 4.11. The number of ether oxygens (including phenoxy) is 1. The number of hydrogen-bond acceptors (Lipinski definition) is 4. The topological polar surface area (TPSA) is 78.9 Å². The van der Waals surface area contributed by atoms with Gasteiger partial charge in [0, 0.05) is 44.9 Å². The predicted octanol–water partition coefficient (Wildman–Crippen LogP) is 2.72. The van der Waals surface area contributed by atoms with Crippen LogP contribution in [0.25, 0.3) is 0 Å². The van der Waals surface area contributed by atoms with Crippen molar-refractivity contribution < 1.29 is 9.53 Å². The van der Waals surface area contributed by atoms with E-state index >= 15 is 0 Å². The van der Waals surface area contributed by atoms with E-state index in [-0.39, 0.29) is 5.91 Å². The molecule has 160 valence electrons. The number of hydrogen-bond donors (Lipinski definition) is 2. The molecule has 1 saturated carbocycles. The highest BCUT2D eigenvalue weighted by Gasteiger charge is 2.23. The first-order valence-corrected chi connectivity index (χ1v) is 11.0. The van der Waals surface area contributed by atoms with Gasteiger partial charge in [0.1, 0.15) is 6.10 Å². The molecule has 1 saturated heterocycles. The molecule has 2 heterocycles. The Morgan fingerprint density at radius 2 is 2.03 bits per heavy atom. The third-order valence-electron chi connectivity index (χ3n) is 5.83. The second-order valence-corrected chi connectivity index (χ2v) is 7.97. The first kappa shape index (κ1) is 21.4. The second-order valence-electron chi connectivity index (χ2n) is 7.97. The highest BCUT2D eigenvalue weighted by atomic mass is 16.5. The van der Waals surface area contributed by atoms with Gasteiger partial charge in [-0.15, -0.1) is 0 Å². The number of piperidine rings is 1. The lowest BCUT2D eigenvalue weighted by Gasteiger charge is -2.34. The smallest absolute Gasteiger partial charge is 0.220 e. The Morgan fingerprint density at radius 3 is 2.72 bits per heavy atom. The van der Waals surface area contributed by atoms with Crippen molar-refractivity contribution in [2.75, 3.05) is 26.7 Å². The number of aromatic nitrogens is 1. The van der Waals surface area contributed by atoms with Gasteiger partial charge in [0.25, 0.3) is 0 Å². The van der Waals surface area contributed by atoms with Crippen LogP contribution in [0.3, 0.4) is 0 Å². The Morgan fingerprint density at radius 1 is 1.28 bits per heavy atom. The monoisotopic (exact) mass is 401 g/mol. The Bertz CT molecular complexity index is 680. The van der Waals surface area contributed by atoms with E-state index in [0.29, 0.717) is 25.0 Å². The molecule has 0 aromatic carbocycles. The molecule has 1 amide bonds. The van der Waals surface area contributed by atoms with Crippen molar-refractivity contribution in [3.8, 4) is 5.88 Å². The zero-order valence-corrected chi connectivity index (χ0v) is 17.8. The van der Waals surface area contributed by atoms with Gasteiger partial charge in [0.2, 0.25) is 11.8 Å². The van der Waals surface area contributed by atoms with E-state index in [0.717, 1.165) is 62.7 Å². The molecule has 3 rings (SSSR count). The number of nitrogens with zero attached hydrogens (tertiary/aromatic N) is 3. The van der Waals surface area contributed by atoms with Crippen molar-refractivity contribution in [2.24, 2.45) is 10.9 Å². The highest BCUT2D eigenvalue weighted by molar-refractivity contribution is 5.80. The zero-order valence-electron chi connectivity index (χ0n) is 17.8. The normalized spacial score (nSPS) is 18.7. The van der Waals surface area contributed by atoms with Gasteiger partial charge < -0.3 is 20.3 Å². The number of carbonyl (C=O) groups excluding carboxylic acids is 1. The van der Waals surface area contributed by atoms with Crippen molar-refractivity contribution in [3.05, 3.63) is 23.9 Å². The van der Waals surface area contributed by atoms with Gasteiger partial charge in [-0.2, -0.15) is 0 Å². The fraction of sp³-hybridized carbons (Fsp3) is 0.682. The maximum atomic E-state index is 11.6. The molecule has 2 fully saturated rings. The van der Waals surface area contributed by atoms with Gasteiger partial charge in [0.05, 0.1) is 6.54 Å². The SMILES string of the molecule is CCNC(=NCc1cccnc1OC1CCCC1)N1CCC(CC(=O)NC)CC1. The minimum absolute atomic E-state index is 0.135. The summed E-state index contributed by atoms with van der Waals surface area (Å²) in [7, 11) is 1.70. The number of guanidine groups is 1. The molecule has 0 spiro atoms. The van der Waals surface area contributed by atoms with Crippen molar-refractivity contribution in [1.82, 2.24) is 20.5 Å². The van der Waals surface area contributed by atoms with Gasteiger partial charge in [0.15, 0.2) is 5.96 Å². The van der Waals surface area contributed by atoms with E-state index in [4.69, 9.17) is 9.73 Å². The minimum Gasteiger partial charge on any atom is -0.474 e. The molecule has 1 aromatic heterocycles. The molecule has 0 radical (unpaired) electrons. The number of aliphatic imine (C=N–C) groups is 1. The largest absolute Gasteiger partial charge is 0.474 e. The van der Waals surface area contributed by atoms with Crippen LogP contribution in [0.2, 0.25) is 0 Å². The molecule has 2 N–H and O–H groups in total. The van der Waals surface area contributed by atoms with Crippen LogP contribution in [0, 0.1) is 5.92 Å². The molecule has 1 aromatic rings. The summed E-state index contributed by atoms with van der Waals surface area (Å²) in [4.78, 5) is 23.3. The van der Waals surface area contributed by atoms with Gasteiger partial charge in [-0.05, 0) is 57.4 Å². The van der Waals surface area contributed by atoms with Crippen molar-refractivity contribution in [3.63, 3.8) is 0 Å². The molecule has 2 aliphatic rings. The average molecular weight is 402 g/mol. The summed E-state index contributed by atoms with van der Waals surface area (Å²) in [5.41, 5.74) is 1.03. The van der Waals surface area contributed by atoms with Crippen LogP contribution in [0.15, 0.2) is 23.3 Å². The third-order valence-corrected chi connectivity index (χ3v) is 5.83. The summed E-state index contributed by atoms with van der Waals surface area (Å²) >= 11 is 0. The molecule has 1 aliphatic heterocycles. The predicted molar refractivity (Wildman–Crippen MR) is 115 cm³/mol. The summed E-state index contributed by atoms with van der Waals surface area (Å²) in [6.07, 6.45) is 9.45. The Hall–Kier alpha value is -2.31. The standard InChI is InChI=1S/C22H35N5O2/c1-3-24-22(27-13-10-17(11-14-27)15-20(28)23-2)26-16-18-7-6-12-25-21(18)29-19-8-4-5-9-19/h6-7,12,17,19H,3-5,8-11,13-16H2,1-2H3,(H,23,28)(H,24,26). The van der Waals surface area contributed by atoms with Crippen LogP contribution in [0.1, 0.15) is 57.4 Å². The van der Waals surface area contributed by atoms with Crippen molar-refractivity contribution in [1.29, 1.82) is 0 Å². The van der Waals surface area contributed by atoms with E-state index in [1.807, 2.05) is 6.07 Å². The lowest BCUT2D eigenvalue weighted by Crippen LogP contribution is -2.46. The van der Waals surface area contributed by atoms with Crippen LogP contribution >= 0.6 is 0 Å². The van der Waals surface area contributed by atoms with Crippen molar-refractivity contribution >= 4 is 11.9 Å². The molecule has 1 aliphatic carbocycles. The first-order valence-electron chi connectivity index (χ1n) is 11.0. The quantitative estimate of drug-likeness (QED) is 0.543. The number of likely N-dealkylation sites (tertiary alicyclic amines) is 1. The summed E-state index contributed by atoms with van der Waals surface area (Å²) in [6, 6.07) is 4.00. The van der Waals surface area contributed by atoms with Crippen LogP contribution in [-0.2, 0) is 11.3 Å². The van der Waals surface area contributed by atoms with Gasteiger partial charge in [-0.1, -0.05) is 6.07 Å². The molecule has 0 bridgehead atoms. The van der Waals surface area contributed by atoms with Crippen LogP contribution in [0.4, 0.5) is 0 Å². The number of carbonyl (C=O) groups is 1. The number of amides is 1. The van der Waals surface area contributed by atoms with Crippen molar-refractivity contribution in [2.45, 2.75) is 64.5 Å². The molecular weight excluding hydrogens is 366 g/mol. The number of nitrogens with one attached hydrogen (secondary N) is 2. The van der Waals surface area contributed by atoms with Gasteiger partial charge in [-0.25, -0.2) is 9.98 Å². The molecule has 0 atom stereocenters. The summed E-state index contributed by atoms with van der Waals surface area (Å²) in [5.74, 6) is 2.25. The molecule has 29 heavy (non-hydrogen) atoms. The molecule has 7 heteroatoms. The van der Waals surface area contributed by atoms with Gasteiger partial charge in [-0.3, -0.25) is 4.79 Å². The summed E-state index contributed by atoms with van der Waals surface area (Å²) in [6.45, 7) is 5.32.